The second kappa shape index (κ2) is 7.78. The molecule has 5 heteroatoms. The van der Waals surface area contributed by atoms with Gasteiger partial charge in [0.25, 0.3) is 0 Å². The first kappa shape index (κ1) is 17.6. The zero-order valence-corrected chi connectivity index (χ0v) is 14.9. The van der Waals surface area contributed by atoms with Gasteiger partial charge in [0, 0.05) is 5.56 Å². The number of carbonyl (C=O) groups is 1. The summed E-state index contributed by atoms with van der Waals surface area (Å²) >= 11 is 0. The molecule has 0 saturated carbocycles. The Morgan fingerprint density at radius 2 is 1.77 bits per heavy atom. The highest BCUT2D eigenvalue weighted by Crippen LogP contribution is 2.36. The third-order valence-corrected chi connectivity index (χ3v) is 3.67. The van der Waals surface area contributed by atoms with Gasteiger partial charge < -0.3 is 18.6 Å². The Bertz CT molecular complexity index is 864. The predicted octanol–water partition coefficient (Wildman–Crippen LogP) is 5.31. The molecule has 134 valence electrons. The second-order valence-corrected chi connectivity index (χ2v) is 5.93. The average molecular weight is 352 g/mol. The molecule has 5 nitrogen and oxygen atoms in total. The molecule has 0 bridgehead atoms. The Balaban J connectivity index is 1.90. The van der Waals surface area contributed by atoms with Crippen molar-refractivity contribution in [3.05, 3.63) is 66.6 Å². The summed E-state index contributed by atoms with van der Waals surface area (Å²) in [6, 6.07) is 14.6. The van der Waals surface area contributed by atoms with Crippen LogP contribution in [0.15, 0.2) is 65.5 Å². The molecular formula is C21H20O5. The van der Waals surface area contributed by atoms with Gasteiger partial charge in [-0.15, -0.1) is 0 Å². The van der Waals surface area contributed by atoms with Gasteiger partial charge in [0.15, 0.2) is 11.5 Å². The summed E-state index contributed by atoms with van der Waals surface area (Å²) in [6.45, 7) is 3.77. The van der Waals surface area contributed by atoms with E-state index in [0.29, 0.717) is 22.8 Å². The van der Waals surface area contributed by atoms with Crippen molar-refractivity contribution in [2.24, 2.45) is 0 Å². The molecule has 26 heavy (non-hydrogen) atoms. The minimum Gasteiger partial charge on any atom is -0.486 e. The fourth-order valence-electron chi connectivity index (χ4n) is 2.50. The van der Waals surface area contributed by atoms with Crippen LogP contribution in [0, 0.1) is 0 Å². The lowest BCUT2D eigenvalue weighted by Crippen LogP contribution is -2.12. The van der Waals surface area contributed by atoms with E-state index in [2.05, 4.69) is 0 Å². The molecule has 0 saturated heterocycles. The summed E-state index contributed by atoms with van der Waals surface area (Å²) < 4.78 is 21.7. The lowest BCUT2D eigenvalue weighted by molar-refractivity contribution is 0.0593. The van der Waals surface area contributed by atoms with E-state index in [9.17, 15) is 4.79 Å². The minimum absolute atomic E-state index is 0.119. The number of benzene rings is 2. The summed E-state index contributed by atoms with van der Waals surface area (Å²) in [5, 5.41) is 0. The minimum atomic E-state index is -0.471. The molecule has 2 aromatic carbocycles. The van der Waals surface area contributed by atoms with Crippen LogP contribution in [0.1, 0.15) is 24.2 Å². The molecule has 1 heterocycles. The average Bonchev–Trinajstić information content (AvgIpc) is 3.17. The van der Waals surface area contributed by atoms with Gasteiger partial charge in [0.2, 0.25) is 0 Å². The number of para-hydroxylation sites is 1. The first-order valence-corrected chi connectivity index (χ1v) is 8.27. The molecule has 0 N–H and O–H groups in total. The van der Waals surface area contributed by atoms with Gasteiger partial charge in [-0.2, -0.15) is 0 Å². The van der Waals surface area contributed by atoms with E-state index in [1.165, 1.54) is 7.11 Å². The lowest BCUT2D eigenvalue weighted by atomic mass is 10.1. The van der Waals surface area contributed by atoms with Gasteiger partial charge >= 0.3 is 5.97 Å². The Morgan fingerprint density at radius 3 is 2.38 bits per heavy atom. The fraction of sp³-hybridized carbons (Fsp3) is 0.190. The van der Waals surface area contributed by atoms with Crippen LogP contribution >= 0.6 is 0 Å². The standard InChI is InChI=1S/C21H20O5/c1-14(2)25-20-18(21(22)23-3)5-4-6-19(20)26-17-9-7-15(8-10-17)16-11-12-24-13-16/h4-14H,1-3H3. The Labute approximate surface area is 152 Å². The summed E-state index contributed by atoms with van der Waals surface area (Å²) in [4.78, 5) is 12.0. The van der Waals surface area contributed by atoms with Gasteiger partial charge in [-0.1, -0.05) is 18.2 Å². The van der Waals surface area contributed by atoms with E-state index in [1.807, 2.05) is 44.2 Å². The lowest BCUT2D eigenvalue weighted by Gasteiger charge is -2.17. The van der Waals surface area contributed by atoms with E-state index in [4.69, 9.17) is 18.6 Å². The van der Waals surface area contributed by atoms with Crippen LogP contribution in [-0.4, -0.2) is 19.2 Å². The van der Waals surface area contributed by atoms with Crippen molar-refractivity contribution in [3.63, 3.8) is 0 Å². The van der Waals surface area contributed by atoms with E-state index < -0.39 is 5.97 Å². The third kappa shape index (κ3) is 3.88. The molecule has 0 radical (unpaired) electrons. The maximum Gasteiger partial charge on any atom is 0.341 e. The molecule has 0 amide bonds. The van der Waals surface area contributed by atoms with Crippen LogP contribution in [0.4, 0.5) is 0 Å². The summed E-state index contributed by atoms with van der Waals surface area (Å²) in [6.07, 6.45) is 3.20. The molecule has 3 rings (SSSR count). The summed E-state index contributed by atoms with van der Waals surface area (Å²) in [5.41, 5.74) is 2.34. The predicted molar refractivity (Wildman–Crippen MR) is 97.8 cm³/mol. The maximum absolute atomic E-state index is 12.0. The van der Waals surface area contributed by atoms with Crippen molar-refractivity contribution >= 4 is 5.97 Å². The molecule has 0 fully saturated rings. The highest BCUT2D eigenvalue weighted by molar-refractivity contribution is 5.93. The zero-order chi connectivity index (χ0) is 18.5. The number of esters is 1. The number of furan rings is 1. The number of hydrogen-bond donors (Lipinski definition) is 0. The molecule has 0 spiro atoms. The Morgan fingerprint density at radius 1 is 1.00 bits per heavy atom. The first-order chi connectivity index (χ1) is 12.6. The van der Waals surface area contributed by atoms with Gasteiger partial charge in [-0.3, -0.25) is 0 Å². The molecular weight excluding hydrogens is 332 g/mol. The molecule has 1 aromatic heterocycles. The molecule has 0 atom stereocenters. The van der Waals surface area contributed by atoms with E-state index in [1.54, 1.807) is 30.7 Å². The SMILES string of the molecule is COC(=O)c1cccc(Oc2ccc(-c3ccoc3)cc2)c1OC(C)C. The van der Waals surface area contributed by atoms with Gasteiger partial charge in [-0.05, 0) is 49.7 Å². The van der Waals surface area contributed by atoms with Crippen molar-refractivity contribution in [1.29, 1.82) is 0 Å². The molecule has 0 aliphatic carbocycles. The first-order valence-electron chi connectivity index (χ1n) is 8.27. The maximum atomic E-state index is 12.0. The van der Waals surface area contributed by atoms with Crippen LogP contribution in [0.25, 0.3) is 11.1 Å². The largest absolute Gasteiger partial charge is 0.486 e. The number of rotatable bonds is 6. The van der Waals surface area contributed by atoms with Crippen LogP contribution in [0.2, 0.25) is 0 Å². The number of ether oxygens (including phenoxy) is 3. The topological polar surface area (TPSA) is 57.9 Å². The quantitative estimate of drug-likeness (QED) is 0.563. The van der Waals surface area contributed by atoms with Crippen LogP contribution in [0.3, 0.4) is 0 Å². The van der Waals surface area contributed by atoms with Crippen molar-refractivity contribution in [2.45, 2.75) is 20.0 Å². The van der Waals surface area contributed by atoms with Crippen molar-refractivity contribution in [3.8, 4) is 28.4 Å². The molecule has 0 unspecified atom stereocenters. The summed E-state index contributed by atoms with van der Waals surface area (Å²) in [7, 11) is 1.34. The summed E-state index contributed by atoms with van der Waals surface area (Å²) in [5.74, 6) is 0.986. The fourth-order valence-corrected chi connectivity index (χ4v) is 2.50. The van der Waals surface area contributed by atoms with Crippen LogP contribution < -0.4 is 9.47 Å². The number of hydrogen-bond acceptors (Lipinski definition) is 5. The van der Waals surface area contributed by atoms with Gasteiger partial charge in [0.1, 0.15) is 11.3 Å². The third-order valence-electron chi connectivity index (χ3n) is 3.67. The van der Waals surface area contributed by atoms with Crippen LogP contribution in [-0.2, 0) is 4.74 Å². The molecule has 0 aliphatic heterocycles. The highest BCUT2D eigenvalue weighted by atomic mass is 16.5. The van der Waals surface area contributed by atoms with E-state index in [0.717, 1.165) is 11.1 Å². The molecule has 3 aromatic rings. The smallest absolute Gasteiger partial charge is 0.341 e. The zero-order valence-electron chi connectivity index (χ0n) is 14.9. The Kier molecular flexibility index (Phi) is 5.27. The van der Waals surface area contributed by atoms with Crippen LogP contribution in [0.5, 0.6) is 17.2 Å². The van der Waals surface area contributed by atoms with Crippen molar-refractivity contribution < 1.29 is 23.4 Å². The van der Waals surface area contributed by atoms with Crippen molar-refractivity contribution in [2.75, 3.05) is 7.11 Å². The number of methoxy groups -OCH3 is 1. The monoisotopic (exact) mass is 352 g/mol. The van der Waals surface area contributed by atoms with Crippen molar-refractivity contribution in [1.82, 2.24) is 0 Å². The van der Waals surface area contributed by atoms with E-state index >= 15 is 0 Å². The van der Waals surface area contributed by atoms with E-state index in [-0.39, 0.29) is 6.10 Å². The number of carbonyl (C=O) groups excluding carboxylic acids is 1. The normalized spacial score (nSPS) is 10.6. The molecule has 0 aliphatic rings. The van der Waals surface area contributed by atoms with Gasteiger partial charge in [-0.25, -0.2) is 4.79 Å². The van der Waals surface area contributed by atoms with Gasteiger partial charge in [0.05, 0.1) is 25.7 Å². The Hall–Kier alpha value is -3.21. The highest BCUT2D eigenvalue weighted by Gasteiger charge is 2.19. The second-order valence-electron chi connectivity index (χ2n) is 5.93.